The van der Waals surface area contributed by atoms with Gasteiger partial charge in [0.2, 0.25) is 0 Å². The molecule has 0 aliphatic carbocycles. The quantitative estimate of drug-likeness (QED) is 0.807. The van der Waals surface area contributed by atoms with Gasteiger partial charge in [-0.05, 0) is 30.9 Å². The van der Waals surface area contributed by atoms with Gasteiger partial charge in [0.15, 0.2) is 0 Å². The highest BCUT2D eigenvalue weighted by Gasteiger charge is 2.19. The lowest BCUT2D eigenvalue weighted by Crippen LogP contribution is -2.36. The molecule has 1 aliphatic rings. The summed E-state index contributed by atoms with van der Waals surface area (Å²) in [4.78, 5) is 6.17. The fraction of sp³-hybridized carbons (Fsp3) is 0.500. The van der Waals surface area contributed by atoms with Crippen LogP contribution in [0.15, 0.2) is 18.3 Å². The average molecular weight is 217 g/mol. The molecule has 0 saturated carbocycles. The molecule has 1 aliphatic heterocycles. The molecule has 4 heteroatoms. The van der Waals surface area contributed by atoms with E-state index in [1.165, 1.54) is 0 Å². The molecule has 16 heavy (non-hydrogen) atoms. The van der Waals surface area contributed by atoms with Gasteiger partial charge < -0.3 is 10.0 Å². The summed E-state index contributed by atoms with van der Waals surface area (Å²) >= 11 is 0. The maximum Gasteiger partial charge on any atom is 0.142 e. The average Bonchev–Trinajstić information content (AvgIpc) is 2.39. The number of piperidine rings is 1. The van der Waals surface area contributed by atoms with E-state index in [4.69, 9.17) is 10.4 Å². The van der Waals surface area contributed by atoms with Gasteiger partial charge in [0, 0.05) is 31.6 Å². The topological polar surface area (TPSA) is 60.2 Å². The largest absolute Gasteiger partial charge is 0.396 e. The van der Waals surface area contributed by atoms with Crippen LogP contribution in [0, 0.1) is 17.2 Å². The van der Waals surface area contributed by atoms with E-state index in [1.54, 1.807) is 12.3 Å². The predicted octanol–water partition coefficient (Wildman–Crippen LogP) is 1.16. The Balaban J connectivity index is 2.14. The van der Waals surface area contributed by atoms with Crippen LogP contribution in [0.2, 0.25) is 0 Å². The summed E-state index contributed by atoms with van der Waals surface area (Å²) < 4.78 is 0. The molecule has 1 aromatic rings. The molecule has 0 bridgehead atoms. The zero-order chi connectivity index (χ0) is 11.4. The van der Waals surface area contributed by atoms with Gasteiger partial charge in [-0.2, -0.15) is 5.26 Å². The number of pyridine rings is 1. The van der Waals surface area contributed by atoms with E-state index in [-0.39, 0.29) is 6.61 Å². The highest BCUT2D eigenvalue weighted by Crippen LogP contribution is 2.22. The first kappa shape index (κ1) is 10.9. The van der Waals surface area contributed by atoms with Crippen LogP contribution < -0.4 is 4.90 Å². The second-order valence-corrected chi connectivity index (χ2v) is 4.15. The Bertz CT molecular complexity index is 399. The molecule has 84 valence electrons. The number of nitriles is 1. The van der Waals surface area contributed by atoms with E-state index in [9.17, 15) is 0 Å². The maximum atomic E-state index is 9.17. The molecule has 1 N–H and O–H groups in total. The van der Waals surface area contributed by atoms with Crippen LogP contribution in [0.4, 0.5) is 5.69 Å². The first-order valence-electron chi connectivity index (χ1n) is 5.55. The molecule has 1 unspecified atom stereocenters. The van der Waals surface area contributed by atoms with Crippen LogP contribution in [0.1, 0.15) is 18.5 Å². The SMILES string of the molecule is N#Cc1cc(N2CCCC(CO)C2)ccn1. The Labute approximate surface area is 95.1 Å². The van der Waals surface area contributed by atoms with Crippen molar-refractivity contribution in [2.75, 3.05) is 24.6 Å². The third-order valence-electron chi connectivity index (χ3n) is 3.00. The molecule has 1 aromatic heterocycles. The van der Waals surface area contributed by atoms with Crippen molar-refractivity contribution in [1.82, 2.24) is 4.98 Å². The van der Waals surface area contributed by atoms with Gasteiger partial charge >= 0.3 is 0 Å². The summed E-state index contributed by atoms with van der Waals surface area (Å²) in [6.45, 7) is 2.10. The van der Waals surface area contributed by atoms with Crippen molar-refractivity contribution in [2.24, 2.45) is 5.92 Å². The first-order chi connectivity index (χ1) is 7.83. The second kappa shape index (κ2) is 4.95. The normalized spacial score (nSPS) is 20.5. The van der Waals surface area contributed by atoms with Crippen molar-refractivity contribution in [1.29, 1.82) is 5.26 Å². The van der Waals surface area contributed by atoms with Crippen molar-refractivity contribution in [3.8, 4) is 6.07 Å². The van der Waals surface area contributed by atoms with E-state index in [1.807, 2.05) is 12.1 Å². The summed E-state index contributed by atoms with van der Waals surface area (Å²) in [5.74, 6) is 0.354. The molecule has 1 saturated heterocycles. The fourth-order valence-electron chi connectivity index (χ4n) is 2.13. The second-order valence-electron chi connectivity index (χ2n) is 4.15. The molecule has 0 radical (unpaired) electrons. The number of aliphatic hydroxyl groups is 1. The van der Waals surface area contributed by atoms with Gasteiger partial charge in [-0.1, -0.05) is 0 Å². The number of aromatic nitrogens is 1. The standard InChI is InChI=1S/C12H15N3O/c13-7-11-6-12(3-4-14-11)15-5-1-2-10(8-15)9-16/h3-4,6,10,16H,1-2,5,8-9H2. The first-order valence-corrected chi connectivity index (χ1v) is 5.55. The lowest BCUT2D eigenvalue weighted by Gasteiger charge is -2.33. The van der Waals surface area contributed by atoms with Crippen molar-refractivity contribution < 1.29 is 5.11 Å². The van der Waals surface area contributed by atoms with Crippen LogP contribution in [0.25, 0.3) is 0 Å². The number of nitrogens with zero attached hydrogens (tertiary/aromatic N) is 3. The Morgan fingerprint density at radius 2 is 2.50 bits per heavy atom. The number of hydrogen-bond acceptors (Lipinski definition) is 4. The summed E-state index contributed by atoms with van der Waals surface area (Å²) in [6.07, 6.45) is 3.84. The van der Waals surface area contributed by atoms with Crippen LogP contribution in [-0.4, -0.2) is 29.8 Å². The molecule has 1 atom stereocenters. The minimum absolute atomic E-state index is 0.243. The zero-order valence-electron chi connectivity index (χ0n) is 9.13. The number of hydrogen-bond donors (Lipinski definition) is 1. The molecular formula is C12H15N3O. The van der Waals surface area contributed by atoms with E-state index in [0.29, 0.717) is 11.6 Å². The predicted molar refractivity (Wildman–Crippen MR) is 61.0 cm³/mol. The molecule has 0 spiro atoms. The molecule has 0 amide bonds. The molecule has 1 fully saturated rings. The minimum Gasteiger partial charge on any atom is -0.396 e. The van der Waals surface area contributed by atoms with Gasteiger partial charge in [0.25, 0.3) is 0 Å². The summed E-state index contributed by atoms with van der Waals surface area (Å²) in [7, 11) is 0. The third-order valence-corrected chi connectivity index (χ3v) is 3.00. The van der Waals surface area contributed by atoms with Gasteiger partial charge in [-0.25, -0.2) is 4.98 Å². The molecule has 4 nitrogen and oxygen atoms in total. The number of rotatable bonds is 2. The molecule has 2 heterocycles. The lowest BCUT2D eigenvalue weighted by atomic mass is 9.98. The Hall–Kier alpha value is -1.60. The Kier molecular flexibility index (Phi) is 3.37. The van der Waals surface area contributed by atoms with Crippen LogP contribution >= 0.6 is 0 Å². The summed E-state index contributed by atoms with van der Waals surface area (Å²) in [6, 6.07) is 5.77. The van der Waals surface area contributed by atoms with Gasteiger partial charge in [0.05, 0.1) is 0 Å². The number of aliphatic hydroxyl groups excluding tert-OH is 1. The third kappa shape index (κ3) is 2.31. The van der Waals surface area contributed by atoms with Crippen LogP contribution in [0.5, 0.6) is 0 Å². The molecule has 0 aromatic carbocycles. The maximum absolute atomic E-state index is 9.17. The van der Waals surface area contributed by atoms with Gasteiger partial charge in [-0.15, -0.1) is 0 Å². The minimum atomic E-state index is 0.243. The molecule has 2 rings (SSSR count). The zero-order valence-corrected chi connectivity index (χ0v) is 9.13. The number of anilines is 1. The van der Waals surface area contributed by atoms with Crippen molar-refractivity contribution >= 4 is 5.69 Å². The highest BCUT2D eigenvalue weighted by molar-refractivity contribution is 5.49. The van der Waals surface area contributed by atoms with Gasteiger partial charge in [-0.3, -0.25) is 0 Å². The summed E-state index contributed by atoms with van der Waals surface area (Å²) in [5, 5.41) is 18.0. The summed E-state index contributed by atoms with van der Waals surface area (Å²) in [5.41, 5.74) is 1.48. The van der Waals surface area contributed by atoms with E-state index in [2.05, 4.69) is 9.88 Å². The van der Waals surface area contributed by atoms with Gasteiger partial charge in [0.1, 0.15) is 11.8 Å². The molecular weight excluding hydrogens is 202 g/mol. The van der Waals surface area contributed by atoms with E-state index in [0.717, 1.165) is 31.6 Å². The smallest absolute Gasteiger partial charge is 0.142 e. The lowest BCUT2D eigenvalue weighted by molar-refractivity contribution is 0.208. The Morgan fingerprint density at radius 3 is 3.25 bits per heavy atom. The van der Waals surface area contributed by atoms with Crippen molar-refractivity contribution in [3.05, 3.63) is 24.0 Å². The fourth-order valence-corrected chi connectivity index (χ4v) is 2.13. The van der Waals surface area contributed by atoms with Crippen molar-refractivity contribution in [3.63, 3.8) is 0 Å². The monoisotopic (exact) mass is 217 g/mol. The van der Waals surface area contributed by atoms with Crippen LogP contribution in [-0.2, 0) is 0 Å². The van der Waals surface area contributed by atoms with E-state index >= 15 is 0 Å². The Morgan fingerprint density at radius 1 is 1.62 bits per heavy atom. The van der Waals surface area contributed by atoms with Crippen LogP contribution in [0.3, 0.4) is 0 Å². The highest BCUT2D eigenvalue weighted by atomic mass is 16.3. The van der Waals surface area contributed by atoms with Crippen molar-refractivity contribution in [2.45, 2.75) is 12.8 Å². The van der Waals surface area contributed by atoms with E-state index < -0.39 is 0 Å².